The number of nitrogens with one attached hydrogen (secondary N) is 2. The van der Waals surface area contributed by atoms with Crippen LogP contribution in [0.15, 0.2) is 54.6 Å². The summed E-state index contributed by atoms with van der Waals surface area (Å²) < 4.78 is 40.2. The highest BCUT2D eigenvalue weighted by Gasteiger charge is 2.34. The first-order valence-electron chi connectivity index (χ1n) is 12.4. The second-order valence-electron chi connectivity index (χ2n) is 9.37. The second-order valence-corrected chi connectivity index (χ2v) is 9.37. The lowest BCUT2D eigenvalue weighted by molar-refractivity contribution is -0.140. The van der Waals surface area contributed by atoms with E-state index in [1.54, 1.807) is 24.3 Å². The minimum absolute atomic E-state index is 0.0157. The summed E-state index contributed by atoms with van der Waals surface area (Å²) in [6.07, 6.45) is 1.93. The monoisotopic (exact) mass is 483 g/mol. The van der Waals surface area contributed by atoms with E-state index in [9.17, 15) is 18.0 Å². The molecule has 3 aromatic rings. The SMILES string of the molecule is CCc1ccc(CCCC(=O)N[C@@H]2CCC[C@H](Nc3cc(C(F)(F)F)nc4ccccc34)C2)cc1. The number of aryl methyl sites for hydroxylation is 2. The molecule has 1 saturated carbocycles. The van der Waals surface area contributed by atoms with E-state index in [0.29, 0.717) is 29.4 Å². The van der Waals surface area contributed by atoms with Crippen LogP contribution in [-0.4, -0.2) is 23.0 Å². The van der Waals surface area contributed by atoms with E-state index in [2.05, 4.69) is 46.8 Å². The van der Waals surface area contributed by atoms with Crippen LogP contribution in [-0.2, 0) is 23.8 Å². The predicted molar refractivity (Wildman–Crippen MR) is 133 cm³/mol. The molecule has 1 aromatic heterocycles. The third kappa shape index (κ3) is 6.74. The molecule has 0 unspecified atom stereocenters. The molecule has 2 aromatic carbocycles. The molecule has 0 radical (unpaired) electrons. The summed E-state index contributed by atoms with van der Waals surface area (Å²) in [5.41, 5.74) is 2.40. The third-order valence-corrected chi connectivity index (χ3v) is 6.71. The molecule has 2 atom stereocenters. The minimum Gasteiger partial charge on any atom is -0.382 e. The average Bonchev–Trinajstić information content (AvgIpc) is 2.84. The zero-order valence-corrected chi connectivity index (χ0v) is 20.0. The van der Waals surface area contributed by atoms with Gasteiger partial charge in [0.05, 0.1) is 5.52 Å². The summed E-state index contributed by atoms with van der Waals surface area (Å²) in [6.45, 7) is 2.13. The summed E-state index contributed by atoms with van der Waals surface area (Å²) in [5, 5.41) is 7.13. The van der Waals surface area contributed by atoms with Crippen molar-refractivity contribution in [2.75, 3.05) is 5.32 Å². The number of alkyl halides is 3. The van der Waals surface area contributed by atoms with Crippen molar-refractivity contribution in [1.82, 2.24) is 10.3 Å². The van der Waals surface area contributed by atoms with Gasteiger partial charge < -0.3 is 10.6 Å². The van der Waals surface area contributed by atoms with Crippen molar-refractivity contribution in [3.05, 3.63) is 71.4 Å². The molecule has 186 valence electrons. The van der Waals surface area contributed by atoms with Crippen LogP contribution in [0.5, 0.6) is 0 Å². The molecule has 35 heavy (non-hydrogen) atoms. The number of halogens is 3. The van der Waals surface area contributed by atoms with Gasteiger partial charge in [-0.3, -0.25) is 4.79 Å². The van der Waals surface area contributed by atoms with Gasteiger partial charge in [-0.2, -0.15) is 13.2 Å². The van der Waals surface area contributed by atoms with Gasteiger partial charge in [-0.05, 0) is 68.2 Å². The van der Waals surface area contributed by atoms with Gasteiger partial charge in [0.25, 0.3) is 0 Å². The molecule has 1 fully saturated rings. The lowest BCUT2D eigenvalue weighted by Gasteiger charge is -2.31. The summed E-state index contributed by atoms with van der Waals surface area (Å²) in [4.78, 5) is 16.3. The van der Waals surface area contributed by atoms with Crippen LogP contribution in [0, 0.1) is 0 Å². The number of fused-ring (bicyclic) bond motifs is 1. The van der Waals surface area contributed by atoms with Crippen LogP contribution >= 0.6 is 0 Å². The Labute approximate surface area is 204 Å². The van der Waals surface area contributed by atoms with Crippen LogP contribution < -0.4 is 10.6 Å². The van der Waals surface area contributed by atoms with Gasteiger partial charge in [-0.25, -0.2) is 4.98 Å². The van der Waals surface area contributed by atoms with E-state index in [1.165, 1.54) is 11.1 Å². The highest BCUT2D eigenvalue weighted by Crippen LogP contribution is 2.34. The number of carbonyl (C=O) groups excluding carboxylic acids is 1. The Hall–Kier alpha value is -3.09. The number of anilines is 1. The fourth-order valence-corrected chi connectivity index (χ4v) is 4.81. The molecule has 7 heteroatoms. The third-order valence-electron chi connectivity index (χ3n) is 6.71. The molecule has 1 aliphatic rings. The number of para-hydroxylation sites is 1. The summed E-state index contributed by atoms with van der Waals surface area (Å²) >= 11 is 0. The van der Waals surface area contributed by atoms with Crippen molar-refractivity contribution in [2.45, 2.75) is 76.6 Å². The van der Waals surface area contributed by atoms with Gasteiger partial charge in [0.2, 0.25) is 5.91 Å². The van der Waals surface area contributed by atoms with E-state index >= 15 is 0 Å². The molecular weight excluding hydrogens is 451 g/mol. The van der Waals surface area contributed by atoms with Crippen molar-refractivity contribution >= 4 is 22.5 Å². The zero-order valence-electron chi connectivity index (χ0n) is 20.0. The van der Waals surface area contributed by atoms with E-state index in [4.69, 9.17) is 0 Å². The predicted octanol–water partition coefficient (Wildman–Crippen LogP) is 6.68. The number of carbonyl (C=O) groups is 1. The molecule has 1 aliphatic carbocycles. The van der Waals surface area contributed by atoms with Gasteiger partial charge >= 0.3 is 6.18 Å². The van der Waals surface area contributed by atoms with Crippen molar-refractivity contribution in [1.29, 1.82) is 0 Å². The Morgan fingerprint density at radius 2 is 1.74 bits per heavy atom. The normalized spacial score (nSPS) is 18.4. The highest BCUT2D eigenvalue weighted by atomic mass is 19.4. The molecule has 0 saturated heterocycles. The maximum absolute atomic E-state index is 13.4. The molecule has 0 bridgehead atoms. The Balaban J connectivity index is 1.33. The quantitative estimate of drug-likeness (QED) is 0.376. The van der Waals surface area contributed by atoms with E-state index in [-0.39, 0.29) is 18.0 Å². The standard InChI is InChI=1S/C28H32F3N3O/c1-2-19-13-15-20(16-14-19)7-5-12-27(35)33-22-9-6-8-21(17-22)32-25-18-26(28(29,30)31)34-24-11-4-3-10-23(24)25/h3-4,10-11,13-16,18,21-22H,2,5-9,12,17H2,1H3,(H,32,34)(H,33,35)/t21-,22+/m0/s1. The number of benzene rings is 2. The number of nitrogens with zero attached hydrogens (tertiary/aromatic N) is 1. The molecule has 1 amide bonds. The smallest absolute Gasteiger partial charge is 0.382 e. The molecule has 1 heterocycles. The molecule has 0 aliphatic heterocycles. The number of hydrogen-bond acceptors (Lipinski definition) is 3. The molecule has 4 rings (SSSR count). The van der Waals surface area contributed by atoms with Crippen LogP contribution in [0.25, 0.3) is 10.9 Å². The van der Waals surface area contributed by atoms with Crippen molar-refractivity contribution < 1.29 is 18.0 Å². The largest absolute Gasteiger partial charge is 0.433 e. The van der Waals surface area contributed by atoms with Crippen LogP contribution in [0.4, 0.5) is 18.9 Å². The number of hydrogen-bond donors (Lipinski definition) is 2. The Morgan fingerprint density at radius 3 is 2.49 bits per heavy atom. The van der Waals surface area contributed by atoms with Gasteiger partial charge in [-0.15, -0.1) is 0 Å². The summed E-state index contributed by atoms with van der Waals surface area (Å²) in [6, 6.07) is 16.5. The van der Waals surface area contributed by atoms with Crippen LogP contribution in [0.1, 0.15) is 62.3 Å². The first-order valence-corrected chi connectivity index (χ1v) is 12.4. The lowest BCUT2D eigenvalue weighted by atomic mass is 9.90. The van der Waals surface area contributed by atoms with Gasteiger partial charge in [0.15, 0.2) is 0 Å². The lowest BCUT2D eigenvalue weighted by Crippen LogP contribution is -2.41. The van der Waals surface area contributed by atoms with E-state index in [0.717, 1.165) is 44.6 Å². The molecule has 4 nitrogen and oxygen atoms in total. The van der Waals surface area contributed by atoms with Gasteiger partial charge in [0, 0.05) is 29.6 Å². The highest BCUT2D eigenvalue weighted by molar-refractivity contribution is 5.91. The Bertz CT molecular complexity index is 1140. The number of aromatic nitrogens is 1. The Morgan fingerprint density at radius 1 is 1.03 bits per heavy atom. The first-order chi connectivity index (χ1) is 16.8. The minimum atomic E-state index is -4.51. The summed E-state index contributed by atoms with van der Waals surface area (Å²) in [7, 11) is 0. The van der Waals surface area contributed by atoms with Gasteiger partial charge in [0.1, 0.15) is 5.69 Å². The van der Waals surface area contributed by atoms with Crippen LogP contribution in [0.2, 0.25) is 0 Å². The molecule has 2 N–H and O–H groups in total. The fourth-order valence-electron chi connectivity index (χ4n) is 4.81. The number of rotatable bonds is 8. The van der Waals surface area contributed by atoms with E-state index in [1.807, 2.05) is 0 Å². The molecule has 0 spiro atoms. The average molecular weight is 484 g/mol. The fraction of sp³-hybridized carbons (Fsp3) is 0.429. The molecular formula is C28H32F3N3O. The van der Waals surface area contributed by atoms with Gasteiger partial charge in [-0.1, -0.05) is 49.4 Å². The van der Waals surface area contributed by atoms with Crippen molar-refractivity contribution in [3.8, 4) is 0 Å². The maximum atomic E-state index is 13.4. The topological polar surface area (TPSA) is 54.0 Å². The van der Waals surface area contributed by atoms with E-state index < -0.39 is 11.9 Å². The Kier molecular flexibility index (Phi) is 7.93. The number of pyridine rings is 1. The van der Waals surface area contributed by atoms with Crippen molar-refractivity contribution in [2.24, 2.45) is 0 Å². The van der Waals surface area contributed by atoms with Crippen molar-refractivity contribution in [3.63, 3.8) is 0 Å². The maximum Gasteiger partial charge on any atom is 0.433 e. The number of amides is 1. The van der Waals surface area contributed by atoms with Crippen LogP contribution in [0.3, 0.4) is 0 Å². The first kappa shape index (κ1) is 25.0. The second kappa shape index (κ2) is 11.1. The summed E-state index contributed by atoms with van der Waals surface area (Å²) in [5.74, 6) is 0.0366. The zero-order chi connectivity index (χ0) is 24.8.